The molecular formula is C20H19N3O5S. The number of ether oxygens (including phenoxy) is 1. The largest absolute Gasteiger partial charge is 0.378 e. The van der Waals surface area contributed by atoms with Gasteiger partial charge in [0.15, 0.2) is 5.78 Å². The van der Waals surface area contributed by atoms with Crippen LogP contribution >= 0.6 is 0 Å². The van der Waals surface area contributed by atoms with Crippen LogP contribution in [0.25, 0.3) is 0 Å². The third-order valence-corrected chi connectivity index (χ3v) is 5.87. The molecule has 2 aliphatic rings. The van der Waals surface area contributed by atoms with Crippen LogP contribution in [0.15, 0.2) is 52.4 Å². The quantitative estimate of drug-likeness (QED) is 0.818. The molecule has 1 saturated heterocycles. The normalized spacial score (nSPS) is 18.8. The summed E-state index contributed by atoms with van der Waals surface area (Å²) in [6.07, 6.45) is -0.278. The molecule has 0 amide bonds. The summed E-state index contributed by atoms with van der Waals surface area (Å²) in [4.78, 5) is 31.8. The first-order valence-electron chi connectivity index (χ1n) is 9.08. The van der Waals surface area contributed by atoms with Gasteiger partial charge in [0.1, 0.15) is 0 Å². The van der Waals surface area contributed by atoms with Gasteiger partial charge < -0.3 is 9.64 Å². The lowest BCUT2D eigenvalue weighted by Crippen LogP contribution is -2.36. The number of hydrogen-bond donors (Lipinski definition) is 1. The number of benzene rings is 2. The maximum Gasteiger partial charge on any atom is 0.238 e. The molecule has 1 fully saturated rings. The van der Waals surface area contributed by atoms with Crippen LogP contribution in [-0.2, 0) is 14.8 Å². The van der Waals surface area contributed by atoms with Gasteiger partial charge in [-0.3, -0.25) is 9.59 Å². The van der Waals surface area contributed by atoms with Crippen molar-refractivity contribution >= 4 is 38.7 Å². The summed E-state index contributed by atoms with van der Waals surface area (Å²) in [6.45, 7) is 2.83. The Morgan fingerprint density at radius 2 is 1.76 bits per heavy atom. The second-order valence-corrected chi connectivity index (χ2v) is 8.36. The lowest BCUT2D eigenvalue weighted by molar-refractivity contribution is 0.0962. The van der Waals surface area contributed by atoms with E-state index in [0.29, 0.717) is 18.9 Å². The zero-order valence-electron chi connectivity index (χ0n) is 15.5. The van der Waals surface area contributed by atoms with Crippen molar-refractivity contribution in [3.8, 4) is 0 Å². The van der Waals surface area contributed by atoms with E-state index in [-0.39, 0.29) is 28.2 Å². The van der Waals surface area contributed by atoms with E-state index < -0.39 is 21.6 Å². The summed E-state index contributed by atoms with van der Waals surface area (Å²) in [6, 6.07) is 11.4. The monoisotopic (exact) mass is 413 g/mol. The number of sulfonamides is 1. The van der Waals surface area contributed by atoms with Crippen LogP contribution in [0.1, 0.15) is 27.1 Å². The molecule has 29 heavy (non-hydrogen) atoms. The van der Waals surface area contributed by atoms with E-state index in [0.717, 1.165) is 18.8 Å². The molecule has 4 rings (SSSR count). The molecule has 0 bridgehead atoms. The minimum absolute atomic E-state index is 0.0101. The molecule has 1 heterocycles. The molecule has 0 spiro atoms. The molecule has 0 saturated carbocycles. The van der Waals surface area contributed by atoms with Gasteiger partial charge in [-0.1, -0.05) is 18.2 Å². The van der Waals surface area contributed by atoms with Gasteiger partial charge in [-0.15, -0.1) is 0 Å². The number of carbonyl (C=O) groups is 2. The first-order valence-corrected chi connectivity index (χ1v) is 10.6. The molecule has 150 valence electrons. The van der Waals surface area contributed by atoms with Crippen LogP contribution in [-0.4, -0.2) is 52.0 Å². The van der Waals surface area contributed by atoms with Gasteiger partial charge in [0.05, 0.1) is 35.9 Å². The molecule has 1 aliphatic heterocycles. The Morgan fingerprint density at radius 3 is 2.48 bits per heavy atom. The maximum absolute atomic E-state index is 12.9. The number of aliphatic imine (C=N–C) groups is 1. The summed E-state index contributed by atoms with van der Waals surface area (Å²) in [5.74, 6) is -0.964. The SMILES string of the molecule is NS(=O)(=O)c1cccc2c1C(=O)CC(=Nc1cccc(N3CCOCC3)c1)C2=O. The van der Waals surface area contributed by atoms with Gasteiger partial charge in [0.2, 0.25) is 15.8 Å². The molecule has 9 heteroatoms. The van der Waals surface area contributed by atoms with E-state index in [2.05, 4.69) is 9.89 Å². The van der Waals surface area contributed by atoms with Crippen molar-refractivity contribution in [1.82, 2.24) is 0 Å². The van der Waals surface area contributed by atoms with Crippen molar-refractivity contribution in [1.29, 1.82) is 0 Å². The Balaban J connectivity index is 1.71. The smallest absolute Gasteiger partial charge is 0.238 e. The summed E-state index contributed by atoms with van der Waals surface area (Å²) in [5, 5.41) is 5.20. The fourth-order valence-electron chi connectivity index (χ4n) is 3.55. The van der Waals surface area contributed by atoms with Crippen LogP contribution in [0.4, 0.5) is 11.4 Å². The van der Waals surface area contributed by atoms with E-state index in [4.69, 9.17) is 9.88 Å². The molecular weight excluding hydrogens is 394 g/mol. The number of nitrogens with two attached hydrogens (primary N) is 1. The van der Waals surface area contributed by atoms with Crippen molar-refractivity contribution in [2.24, 2.45) is 10.1 Å². The lowest BCUT2D eigenvalue weighted by Gasteiger charge is -2.29. The number of anilines is 1. The number of nitrogens with zero attached hydrogens (tertiary/aromatic N) is 2. The number of hydrogen-bond acceptors (Lipinski definition) is 7. The molecule has 0 atom stereocenters. The summed E-state index contributed by atoms with van der Waals surface area (Å²) < 4.78 is 28.9. The predicted octanol–water partition coefficient (Wildman–Crippen LogP) is 1.71. The zero-order chi connectivity index (χ0) is 20.6. The fourth-order valence-corrected chi connectivity index (χ4v) is 4.32. The third kappa shape index (κ3) is 3.84. The number of Topliss-reactive ketones (excluding diaryl/α,β-unsaturated/α-hetero) is 2. The molecule has 0 unspecified atom stereocenters. The van der Waals surface area contributed by atoms with Gasteiger partial charge in [-0.2, -0.15) is 0 Å². The van der Waals surface area contributed by atoms with Crippen molar-refractivity contribution < 1.29 is 22.7 Å². The Labute approximate surface area is 168 Å². The highest BCUT2D eigenvalue weighted by Gasteiger charge is 2.33. The molecule has 1 aliphatic carbocycles. The van der Waals surface area contributed by atoms with Crippen LogP contribution in [0.5, 0.6) is 0 Å². The summed E-state index contributed by atoms with van der Waals surface area (Å²) >= 11 is 0. The van der Waals surface area contributed by atoms with Crippen molar-refractivity contribution in [3.05, 3.63) is 53.6 Å². The average molecular weight is 413 g/mol. The standard InChI is InChI=1S/C20H19N3O5S/c21-29(26,27)18-6-2-5-15-19(18)17(24)12-16(20(15)25)22-13-3-1-4-14(11-13)23-7-9-28-10-8-23/h1-6,11H,7-10,12H2,(H2,21,26,27). The van der Waals surface area contributed by atoms with E-state index >= 15 is 0 Å². The average Bonchev–Trinajstić information content (AvgIpc) is 2.71. The van der Waals surface area contributed by atoms with Crippen molar-refractivity contribution in [2.75, 3.05) is 31.2 Å². The highest BCUT2D eigenvalue weighted by Crippen LogP contribution is 2.28. The van der Waals surface area contributed by atoms with Gasteiger partial charge in [-0.25, -0.2) is 18.5 Å². The van der Waals surface area contributed by atoms with Crippen molar-refractivity contribution in [2.45, 2.75) is 11.3 Å². The van der Waals surface area contributed by atoms with Crippen LogP contribution < -0.4 is 10.0 Å². The Hall–Kier alpha value is -2.88. The molecule has 0 radical (unpaired) electrons. The molecule has 2 N–H and O–H groups in total. The topological polar surface area (TPSA) is 119 Å². The van der Waals surface area contributed by atoms with E-state index in [1.165, 1.54) is 18.2 Å². The van der Waals surface area contributed by atoms with Crippen LogP contribution in [0.2, 0.25) is 0 Å². The van der Waals surface area contributed by atoms with E-state index in [1.807, 2.05) is 18.2 Å². The second kappa shape index (κ2) is 7.51. The molecule has 8 nitrogen and oxygen atoms in total. The lowest BCUT2D eigenvalue weighted by atomic mass is 9.88. The van der Waals surface area contributed by atoms with Crippen LogP contribution in [0.3, 0.4) is 0 Å². The van der Waals surface area contributed by atoms with Gasteiger partial charge in [0.25, 0.3) is 0 Å². The third-order valence-electron chi connectivity index (χ3n) is 4.92. The van der Waals surface area contributed by atoms with Gasteiger partial charge in [-0.05, 0) is 24.3 Å². The number of rotatable bonds is 3. The highest BCUT2D eigenvalue weighted by atomic mass is 32.2. The molecule has 2 aromatic rings. The first kappa shape index (κ1) is 19.4. The van der Waals surface area contributed by atoms with Crippen LogP contribution in [0, 0.1) is 0 Å². The number of morpholine rings is 1. The Bertz CT molecular complexity index is 1130. The van der Waals surface area contributed by atoms with Crippen molar-refractivity contribution in [3.63, 3.8) is 0 Å². The maximum atomic E-state index is 12.9. The minimum Gasteiger partial charge on any atom is -0.378 e. The fraction of sp³-hybridized carbons (Fsp3) is 0.250. The summed E-state index contributed by atoms with van der Waals surface area (Å²) in [5.41, 5.74) is 1.45. The Kier molecular flexibility index (Phi) is 5.03. The van der Waals surface area contributed by atoms with Gasteiger partial charge in [0, 0.05) is 29.9 Å². The van der Waals surface area contributed by atoms with E-state index in [9.17, 15) is 18.0 Å². The van der Waals surface area contributed by atoms with E-state index in [1.54, 1.807) is 6.07 Å². The molecule has 0 aromatic heterocycles. The number of fused-ring (bicyclic) bond motifs is 1. The van der Waals surface area contributed by atoms with Gasteiger partial charge >= 0.3 is 0 Å². The minimum atomic E-state index is -4.12. The number of ketones is 2. The summed E-state index contributed by atoms with van der Waals surface area (Å²) in [7, 11) is -4.12. The Morgan fingerprint density at radius 1 is 1.03 bits per heavy atom. The zero-order valence-corrected chi connectivity index (χ0v) is 16.3. The second-order valence-electron chi connectivity index (χ2n) is 6.83. The number of primary sulfonamides is 1. The molecule has 2 aromatic carbocycles. The first-order chi connectivity index (χ1) is 13.8. The number of carbonyl (C=O) groups excluding carboxylic acids is 2. The highest BCUT2D eigenvalue weighted by molar-refractivity contribution is 7.89. The predicted molar refractivity (Wildman–Crippen MR) is 108 cm³/mol.